The Kier molecular flexibility index (Phi) is 4.94. The van der Waals surface area contributed by atoms with Crippen LogP contribution in [0.1, 0.15) is 0 Å². The van der Waals surface area contributed by atoms with Gasteiger partial charge in [-0.1, -0.05) is 0 Å². The van der Waals surface area contributed by atoms with E-state index in [1.165, 1.54) is 19.2 Å². The van der Waals surface area contributed by atoms with Gasteiger partial charge in [-0.3, -0.25) is 4.79 Å². The number of nitrogens with one attached hydrogen (secondary N) is 1. The SMILES string of the molecule is COc1ccc(OC)c(NC(=O)Sc2ccc(O)cc2)c1. The summed E-state index contributed by atoms with van der Waals surface area (Å²) in [7, 11) is 3.09. The number of hydrogen-bond donors (Lipinski definition) is 2. The molecule has 0 aliphatic rings. The molecule has 0 saturated heterocycles. The Balaban J connectivity index is 2.09. The van der Waals surface area contributed by atoms with Crippen molar-refractivity contribution < 1.29 is 19.4 Å². The summed E-state index contributed by atoms with van der Waals surface area (Å²) in [6.07, 6.45) is 0. The molecule has 0 atom stereocenters. The van der Waals surface area contributed by atoms with Gasteiger partial charge in [-0.15, -0.1) is 0 Å². The predicted molar refractivity (Wildman–Crippen MR) is 82.5 cm³/mol. The van der Waals surface area contributed by atoms with Crippen LogP contribution in [0, 0.1) is 0 Å². The summed E-state index contributed by atoms with van der Waals surface area (Å²) in [6.45, 7) is 0. The van der Waals surface area contributed by atoms with Crippen LogP contribution in [0.5, 0.6) is 17.2 Å². The lowest BCUT2D eigenvalue weighted by Crippen LogP contribution is -2.06. The fourth-order valence-corrected chi connectivity index (χ4v) is 2.32. The van der Waals surface area contributed by atoms with Crippen LogP contribution in [-0.2, 0) is 0 Å². The largest absolute Gasteiger partial charge is 0.508 e. The number of anilines is 1. The van der Waals surface area contributed by atoms with E-state index in [2.05, 4.69) is 5.32 Å². The minimum Gasteiger partial charge on any atom is -0.508 e. The van der Waals surface area contributed by atoms with E-state index in [0.717, 1.165) is 16.7 Å². The normalized spacial score (nSPS) is 10.0. The molecule has 0 saturated carbocycles. The molecule has 5 nitrogen and oxygen atoms in total. The monoisotopic (exact) mass is 305 g/mol. The van der Waals surface area contributed by atoms with Gasteiger partial charge in [0.15, 0.2) is 0 Å². The highest BCUT2D eigenvalue weighted by Crippen LogP contribution is 2.31. The Bertz CT molecular complexity index is 628. The van der Waals surface area contributed by atoms with Gasteiger partial charge < -0.3 is 19.9 Å². The van der Waals surface area contributed by atoms with Crippen molar-refractivity contribution in [3.63, 3.8) is 0 Å². The first-order chi connectivity index (χ1) is 10.1. The van der Waals surface area contributed by atoms with Gasteiger partial charge in [0.2, 0.25) is 0 Å². The number of thioether (sulfide) groups is 1. The van der Waals surface area contributed by atoms with Gasteiger partial charge in [0.05, 0.1) is 19.9 Å². The number of hydrogen-bond acceptors (Lipinski definition) is 5. The summed E-state index contributed by atoms with van der Waals surface area (Å²) in [6, 6.07) is 11.6. The number of phenolic OH excluding ortho intramolecular Hbond substituents is 1. The number of rotatable bonds is 4. The Labute approximate surface area is 126 Å². The summed E-state index contributed by atoms with van der Waals surface area (Å²) in [4.78, 5) is 12.8. The molecule has 6 heteroatoms. The van der Waals surface area contributed by atoms with Crippen molar-refractivity contribution >= 4 is 22.7 Å². The smallest absolute Gasteiger partial charge is 0.288 e. The lowest BCUT2D eigenvalue weighted by Gasteiger charge is -2.11. The van der Waals surface area contributed by atoms with Crippen LogP contribution >= 0.6 is 11.8 Å². The Morgan fingerprint density at radius 2 is 1.81 bits per heavy atom. The van der Waals surface area contributed by atoms with Crippen molar-refractivity contribution in [3.8, 4) is 17.2 Å². The average molecular weight is 305 g/mol. The molecule has 2 N–H and O–H groups in total. The summed E-state index contributed by atoms with van der Waals surface area (Å²) in [5.41, 5.74) is 0.535. The van der Waals surface area contributed by atoms with E-state index >= 15 is 0 Å². The van der Waals surface area contributed by atoms with Crippen molar-refractivity contribution in [2.45, 2.75) is 4.90 Å². The number of benzene rings is 2. The predicted octanol–water partition coefficient (Wildman–Crippen LogP) is 3.73. The highest BCUT2D eigenvalue weighted by atomic mass is 32.2. The Hall–Kier alpha value is -2.34. The number of carbonyl (C=O) groups excluding carboxylic acids is 1. The van der Waals surface area contributed by atoms with E-state index in [9.17, 15) is 9.90 Å². The first-order valence-electron chi connectivity index (χ1n) is 6.12. The second kappa shape index (κ2) is 6.90. The summed E-state index contributed by atoms with van der Waals surface area (Å²) >= 11 is 1.02. The second-order valence-corrected chi connectivity index (χ2v) is 5.12. The number of phenols is 1. The second-order valence-electron chi connectivity index (χ2n) is 4.07. The highest BCUT2D eigenvalue weighted by Gasteiger charge is 2.10. The number of carbonyl (C=O) groups is 1. The standard InChI is InChI=1S/C15H15NO4S/c1-19-11-5-8-14(20-2)13(9-11)16-15(18)21-12-6-3-10(17)4-7-12/h3-9,17H,1-2H3,(H,16,18). The zero-order chi connectivity index (χ0) is 15.2. The Morgan fingerprint density at radius 1 is 1.10 bits per heavy atom. The van der Waals surface area contributed by atoms with Gasteiger partial charge in [0.1, 0.15) is 17.2 Å². The van der Waals surface area contributed by atoms with E-state index in [-0.39, 0.29) is 11.0 Å². The van der Waals surface area contributed by atoms with Crippen molar-refractivity contribution in [2.75, 3.05) is 19.5 Å². The molecule has 1 amide bonds. The molecule has 2 aromatic rings. The van der Waals surface area contributed by atoms with Crippen LogP contribution in [0.2, 0.25) is 0 Å². The van der Waals surface area contributed by atoms with Crippen LogP contribution < -0.4 is 14.8 Å². The molecule has 110 valence electrons. The number of aromatic hydroxyl groups is 1. The van der Waals surface area contributed by atoms with E-state index in [1.54, 1.807) is 37.4 Å². The maximum atomic E-state index is 12.0. The lowest BCUT2D eigenvalue weighted by molar-refractivity contribution is 0.269. The number of methoxy groups -OCH3 is 2. The number of amides is 1. The molecule has 0 spiro atoms. The minimum absolute atomic E-state index is 0.161. The molecule has 2 rings (SSSR count). The van der Waals surface area contributed by atoms with Gasteiger partial charge in [-0.25, -0.2) is 0 Å². The third-order valence-electron chi connectivity index (χ3n) is 2.69. The molecular formula is C15H15NO4S. The first kappa shape index (κ1) is 15.1. The molecular weight excluding hydrogens is 290 g/mol. The molecule has 0 aliphatic heterocycles. The zero-order valence-corrected chi connectivity index (χ0v) is 12.4. The van der Waals surface area contributed by atoms with Crippen molar-refractivity contribution in [2.24, 2.45) is 0 Å². The summed E-state index contributed by atoms with van der Waals surface area (Å²) in [5.74, 6) is 1.34. The van der Waals surface area contributed by atoms with Crippen molar-refractivity contribution in [1.29, 1.82) is 0 Å². The van der Waals surface area contributed by atoms with Crippen LogP contribution in [0.3, 0.4) is 0 Å². The highest BCUT2D eigenvalue weighted by molar-refractivity contribution is 8.13. The van der Waals surface area contributed by atoms with Crippen LogP contribution in [0.15, 0.2) is 47.4 Å². The van der Waals surface area contributed by atoms with Crippen LogP contribution in [-0.4, -0.2) is 24.6 Å². The third-order valence-corrected chi connectivity index (χ3v) is 3.49. The molecule has 0 aromatic heterocycles. The maximum absolute atomic E-state index is 12.0. The van der Waals surface area contributed by atoms with Gasteiger partial charge in [0.25, 0.3) is 5.24 Å². The molecule has 0 unspecified atom stereocenters. The van der Waals surface area contributed by atoms with E-state index < -0.39 is 0 Å². The van der Waals surface area contributed by atoms with E-state index in [0.29, 0.717) is 17.2 Å². The third kappa shape index (κ3) is 4.06. The Morgan fingerprint density at radius 3 is 2.43 bits per heavy atom. The van der Waals surface area contributed by atoms with Gasteiger partial charge in [-0.05, 0) is 48.2 Å². The fraction of sp³-hybridized carbons (Fsp3) is 0.133. The van der Waals surface area contributed by atoms with Crippen molar-refractivity contribution in [1.82, 2.24) is 0 Å². The topological polar surface area (TPSA) is 67.8 Å². The van der Waals surface area contributed by atoms with E-state index in [4.69, 9.17) is 9.47 Å². The quantitative estimate of drug-likeness (QED) is 0.842. The lowest BCUT2D eigenvalue weighted by atomic mass is 10.3. The molecule has 0 heterocycles. The minimum atomic E-state index is -0.257. The van der Waals surface area contributed by atoms with Gasteiger partial charge in [0, 0.05) is 11.0 Å². The summed E-state index contributed by atoms with van der Waals surface area (Å²) < 4.78 is 10.3. The molecule has 0 bridgehead atoms. The van der Waals surface area contributed by atoms with Gasteiger partial charge >= 0.3 is 0 Å². The zero-order valence-electron chi connectivity index (χ0n) is 11.6. The summed E-state index contributed by atoms with van der Waals surface area (Å²) in [5, 5.41) is 11.7. The molecule has 0 radical (unpaired) electrons. The molecule has 2 aromatic carbocycles. The molecule has 0 aliphatic carbocycles. The first-order valence-corrected chi connectivity index (χ1v) is 6.94. The van der Waals surface area contributed by atoms with Gasteiger partial charge in [-0.2, -0.15) is 0 Å². The van der Waals surface area contributed by atoms with Crippen molar-refractivity contribution in [3.05, 3.63) is 42.5 Å². The molecule has 21 heavy (non-hydrogen) atoms. The molecule has 0 fully saturated rings. The average Bonchev–Trinajstić information content (AvgIpc) is 2.49. The maximum Gasteiger partial charge on any atom is 0.288 e. The van der Waals surface area contributed by atoms with E-state index in [1.807, 2.05) is 0 Å². The van der Waals surface area contributed by atoms with Crippen LogP contribution in [0.4, 0.5) is 10.5 Å². The van der Waals surface area contributed by atoms with Crippen LogP contribution in [0.25, 0.3) is 0 Å². The fourth-order valence-electron chi connectivity index (χ4n) is 1.67. The number of ether oxygens (including phenoxy) is 2.